The first-order chi connectivity index (χ1) is 15.8. The Hall–Kier alpha value is -1.50. The van der Waals surface area contributed by atoms with Crippen LogP contribution in [0.25, 0.3) is 0 Å². The van der Waals surface area contributed by atoms with Crippen molar-refractivity contribution in [3.8, 4) is 0 Å². The van der Waals surface area contributed by atoms with Crippen LogP contribution in [0.3, 0.4) is 0 Å². The maximum absolute atomic E-state index is 13.8. The van der Waals surface area contributed by atoms with Gasteiger partial charge in [0.2, 0.25) is 0 Å². The maximum Gasteiger partial charge on any atom is 0.310 e. The molecule has 0 unspecified atom stereocenters. The second kappa shape index (κ2) is 8.86. The summed E-state index contributed by atoms with van der Waals surface area (Å²) in [7, 11) is 0. The molecule has 4 N–H and O–H groups in total. The van der Waals surface area contributed by atoms with Crippen LogP contribution in [0.4, 0.5) is 0 Å². The third kappa shape index (κ3) is 3.81. The van der Waals surface area contributed by atoms with E-state index in [9.17, 15) is 30.0 Å². The largest absolute Gasteiger partial charge is 0.481 e. The number of hydrogen-bond donors (Lipinski definition) is 4. The van der Waals surface area contributed by atoms with E-state index in [1.807, 2.05) is 0 Å². The molecule has 0 spiro atoms. The average Bonchev–Trinajstić information content (AvgIpc) is 3.11. The first-order valence-corrected chi connectivity index (χ1v) is 13.0. The van der Waals surface area contributed by atoms with Crippen molar-refractivity contribution in [2.75, 3.05) is 0 Å². The highest BCUT2D eigenvalue weighted by molar-refractivity contribution is 5.99. The average molecular weight is 475 g/mol. The molecule has 0 bridgehead atoms. The van der Waals surface area contributed by atoms with Crippen LogP contribution in [0.15, 0.2) is 23.3 Å². The minimum absolute atomic E-state index is 0.103. The van der Waals surface area contributed by atoms with Gasteiger partial charge in [0.05, 0.1) is 24.2 Å². The van der Waals surface area contributed by atoms with Gasteiger partial charge in [0, 0.05) is 17.4 Å². The summed E-state index contributed by atoms with van der Waals surface area (Å²) in [5.74, 6) is -0.827. The molecule has 0 aromatic rings. The zero-order valence-corrected chi connectivity index (χ0v) is 21.1. The van der Waals surface area contributed by atoms with Gasteiger partial charge in [-0.3, -0.25) is 9.59 Å². The minimum atomic E-state index is -0.916. The van der Waals surface area contributed by atoms with Gasteiger partial charge in [-0.1, -0.05) is 32.9 Å². The molecule has 6 nitrogen and oxygen atoms in total. The normalized spacial score (nSPS) is 43.6. The van der Waals surface area contributed by atoms with E-state index < -0.39 is 35.6 Å². The second-order valence-corrected chi connectivity index (χ2v) is 12.3. The standard InChI is InChI=1S/C28H42O6/c1-14(16(3)26(33)34)6-7-15(2)17-8-9-18-23-21(30)12-19-25(32)20(29)10-11-27(19,4)24(23)22(31)13-28(17,18)5/h15-21,25,29-30,32H,1,6-13H2,2-5H3,(H,33,34)/t15-,16-,17-,18+,19+,20-,21+,25-,27+,28-/m1/s1. The van der Waals surface area contributed by atoms with Crippen molar-refractivity contribution in [2.45, 2.75) is 97.4 Å². The smallest absolute Gasteiger partial charge is 0.310 e. The van der Waals surface area contributed by atoms with Gasteiger partial charge in [-0.15, -0.1) is 0 Å². The zero-order valence-electron chi connectivity index (χ0n) is 21.1. The predicted octanol–water partition coefficient (Wildman–Crippen LogP) is 3.88. The van der Waals surface area contributed by atoms with E-state index in [2.05, 4.69) is 27.4 Å². The number of aliphatic hydroxyl groups excluding tert-OH is 3. The van der Waals surface area contributed by atoms with E-state index in [-0.39, 0.29) is 23.0 Å². The van der Waals surface area contributed by atoms with Crippen molar-refractivity contribution < 1.29 is 30.0 Å². The number of rotatable bonds is 6. The van der Waals surface area contributed by atoms with E-state index in [0.717, 1.165) is 36.0 Å². The second-order valence-electron chi connectivity index (χ2n) is 12.3. The number of fused-ring (bicyclic) bond motifs is 4. The van der Waals surface area contributed by atoms with Gasteiger partial charge in [0.25, 0.3) is 0 Å². The summed E-state index contributed by atoms with van der Waals surface area (Å²) >= 11 is 0. The lowest BCUT2D eigenvalue weighted by atomic mass is 9.49. The highest BCUT2D eigenvalue weighted by atomic mass is 16.4. The number of carboxylic acid groups (broad SMARTS) is 1. The Labute approximate surface area is 203 Å². The number of hydrogen-bond acceptors (Lipinski definition) is 5. The summed E-state index contributed by atoms with van der Waals surface area (Å²) in [5.41, 5.74) is 1.68. The summed E-state index contributed by atoms with van der Waals surface area (Å²) < 4.78 is 0. The number of carbonyl (C=O) groups excluding carboxylic acids is 1. The molecule has 190 valence electrons. The molecular weight excluding hydrogens is 432 g/mol. The Morgan fingerprint density at radius 3 is 2.47 bits per heavy atom. The molecule has 2 fully saturated rings. The predicted molar refractivity (Wildman–Crippen MR) is 129 cm³/mol. The molecule has 0 radical (unpaired) electrons. The summed E-state index contributed by atoms with van der Waals surface area (Å²) in [4.78, 5) is 25.1. The fourth-order valence-corrected chi connectivity index (χ4v) is 8.31. The van der Waals surface area contributed by atoms with Crippen molar-refractivity contribution in [1.29, 1.82) is 0 Å². The number of ketones is 1. The number of aliphatic carboxylic acids is 1. The first-order valence-electron chi connectivity index (χ1n) is 13.0. The lowest BCUT2D eigenvalue weighted by molar-refractivity contribution is -0.140. The van der Waals surface area contributed by atoms with Gasteiger partial charge in [0.15, 0.2) is 5.78 Å². The fourth-order valence-electron chi connectivity index (χ4n) is 8.31. The highest BCUT2D eigenvalue weighted by Gasteiger charge is 2.61. The van der Waals surface area contributed by atoms with Gasteiger partial charge < -0.3 is 20.4 Å². The maximum atomic E-state index is 13.8. The van der Waals surface area contributed by atoms with Crippen LogP contribution < -0.4 is 0 Å². The molecule has 6 heteroatoms. The van der Waals surface area contributed by atoms with Crippen molar-refractivity contribution in [2.24, 2.45) is 40.4 Å². The van der Waals surface area contributed by atoms with Gasteiger partial charge in [-0.05, 0) is 86.5 Å². The molecule has 0 heterocycles. The SMILES string of the molecule is C=C(CC[C@@H](C)[C@H]1CC[C@H]2C3=C(C(=O)C[C@]12C)[C@@]1(C)CC[C@@H](O)[C@H](O)[C@@H]1C[C@@H]3O)[C@@H](C)C(=O)O. The van der Waals surface area contributed by atoms with Crippen molar-refractivity contribution in [3.05, 3.63) is 23.3 Å². The molecule has 0 aromatic heterocycles. The molecule has 10 atom stereocenters. The zero-order chi connectivity index (χ0) is 25.2. The van der Waals surface area contributed by atoms with Crippen LogP contribution in [0.5, 0.6) is 0 Å². The van der Waals surface area contributed by atoms with Gasteiger partial charge in [0.1, 0.15) is 0 Å². The Morgan fingerprint density at radius 1 is 1.15 bits per heavy atom. The van der Waals surface area contributed by atoms with Gasteiger partial charge in [-0.25, -0.2) is 0 Å². The van der Waals surface area contributed by atoms with Crippen LogP contribution in [-0.2, 0) is 9.59 Å². The topological polar surface area (TPSA) is 115 Å². The third-order valence-corrected chi connectivity index (χ3v) is 10.5. The molecular formula is C28H42O6. The van der Waals surface area contributed by atoms with Crippen molar-refractivity contribution in [3.63, 3.8) is 0 Å². The van der Waals surface area contributed by atoms with Crippen LogP contribution in [0.2, 0.25) is 0 Å². The minimum Gasteiger partial charge on any atom is -0.481 e. The molecule has 4 aliphatic rings. The first kappa shape index (κ1) is 25.6. The van der Waals surface area contributed by atoms with E-state index in [1.54, 1.807) is 6.92 Å². The molecule has 4 aliphatic carbocycles. The number of Topliss-reactive ketones (excluding diaryl/α,β-unsaturated/α-hetero) is 1. The molecule has 34 heavy (non-hydrogen) atoms. The van der Waals surface area contributed by atoms with E-state index in [4.69, 9.17) is 0 Å². The summed E-state index contributed by atoms with van der Waals surface area (Å²) in [5, 5.41) is 41.5. The Morgan fingerprint density at radius 2 is 1.82 bits per heavy atom. The van der Waals surface area contributed by atoms with Crippen molar-refractivity contribution >= 4 is 11.8 Å². The molecule has 0 amide bonds. The van der Waals surface area contributed by atoms with Crippen LogP contribution in [-0.4, -0.2) is 50.5 Å². The molecule has 4 rings (SSSR count). The number of allylic oxidation sites excluding steroid dienone is 1. The lowest BCUT2D eigenvalue weighted by Crippen LogP contribution is -2.56. The quantitative estimate of drug-likeness (QED) is 0.434. The molecule has 0 aromatic carbocycles. The number of carbonyl (C=O) groups is 2. The lowest BCUT2D eigenvalue weighted by Gasteiger charge is -2.56. The van der Waals surface area contributed by atoms with Crippen LogP contribution >= 0.6 is 0 Å². The molecule has 2 saturated carbocycles. The monoisotopic (exact) mass is 474 g/mol. The van der Waals surface area contributed by atoms with Crippen LogP contribution in [0.1, 0.15) is 79.1 Å². The van der Waals surface area contributed by atoms with E-state index in [1.165, 1.54) is 0 Å². The fraction of sp³-hybridized carbons (Fsp3) is 0.786. The summed E-state index contributed by atoms with van der Waals surface area (Å²) in [6.07, 6.45) is 2.92. The number of aliphatic hydroxyl groups is 3. The summed E-state index contributed by atoms with van der Waals surface area (Å²) in [6, 6.07) is 0. The summed E-state index contributed by atoms with van der Waals surface area (Å²) in [6.45, 7) is 12.1. The van der Waals surface area contributed by atoms with Crippen molar-refractivity contribution in [1.82, 2.24) is 0 Å². The Bertz CT molecular complexity index is 907. The number of carboxylic acids is 1. The molecule has 0 saturated heterocycles. The molecule has 0 aliphatic heterocycles. The van der Waals surface area contributed by atoms with Gasteiger partial charge >= 0.3 is 5.97 Å². The van der Waals surface area contributed by atoms with Gasteiger partial charge in [-0.2, -0.15) is 0 Å². The van der Waals surface area contributed by atoms with E-state index >= 15 is 0 Å². The highest BCUT2D eigenvalue weighted by Crippen LogP contribution is 2.65. The van der Waals surface area contributed by atoms with E-state index in [0.29, 0.717) is 43.9 Å². The van der Waals surface area contributed by atoms with Crippen LogP contribution in [0, 0.1) is 40.4 Å². The Balaban J connectivity index is 1.60. The third-order valence-electron chi connectivity index (χ3n) is 10.5. The Kier molecular flexibility index (Phi) is 6.67.